The minimum absolute atomic E-state index is 0.280. The lowest BCUT2D eigenvalue weighted by atomic mass is 10.1. The van der Waals surface area contributed by atoms with Gasteiger partial charge in [-0.05, 0) is 13.0 Å². The molecular weight excluding hydrogens is 398 g/mol. The number of hydrogen-bond acceptors (Lipinski definition) is 8. The molecule has 5 rings (SSSR count). The van der Waals surface area contributed by atoms with Crippen molar-refractivity contribution in [3.05, 3.63) is 53.1 Å². The highest BCUT2D eigenvalue weighted by atomic mass is 16.5. The lowest BCUT2D eigenvalue weighted by molar-refractivity contribution is 0.398. The highest BCUT2D eigenvalue weighted by Crippen LogP contribution is 2.32. The van der Waals surface area contributed by atoms with Crippen LogP contribution in [0.3, 0.4) is 0 Å². The van der Waals surface area contributed by atoms with Gasteiger partial charge in [0.1, 0.15) is 28.2 Å². The van der Waals surface area contributed by atoms with Crippen LogP contribution < -0.4 is 15.6 Å². The van der Waals surface area contributed by atoms with Gasteiger partial charge in [0.15, 0.2) is 0 Å². The molecule has 0 saturated heterocycles. The predicted octanol–water partition coefficient (Wildman–Crippen LogP) is 2.17. The topological polar surface area (TPSA) is 139 Å². The number of aromatic amines is 2. The van der Waals surface area contributed by atoms with Gasteiger partial charge < -0.3 is 20.0 Å². The number of rotatable bonds is 5. The number of methoxy groups -OCH3 is 1. The average Bonchev–Trinajstić information content (AvgIpc) is 3.35. The molecule has 0 spiro atoms. The molecule has 0 aliphatic carbocycles. The summed E-state index contributed by atoms with van der Waals surface area (Å²) in [5.41, 5.74) is 3.11. The van der Waals surface area contributed by atoms with E-state index < -0.39 is 0 Å². The van der Waals surface area contributed by atoms with Crippen LogP contribution >= 0.6 is 0 Å². The van der Waals surface area contributed by atoms with Crippen LogP contribution in [0.4, 0.5) is 5.69 Å². The van der Waals surface area contributed by atoms with E-state index in [1.54, 1.807) is 55.8 Å². The summed E-state index contributed by atoms with van der Waals surface area (Å²) in [6.07, 6.45) is 6.70. The van der Waals surface area contributed by atoms with Gasteiger partial charge in [0.2, 0.25) is 5.88 Å². The Balaban J connectivity index is 1.71. The first-order valence-corrected chi connectivity index (χ1v) is 9.56. The molecule has 11 nitrogen and oxygen atoms in total. The molecule has 5 aromatic rings. The first-order chi connectivity index (χ1) is 15.0. The van der Waals surface area contributed by atoms with Gasteiger partial charge in [0, 0.05) is 31.7 Å². The van der Waals surface area contributed by atoms with Crippen molar-refractivity contribution in [1.82, 2.24) is 39.7 Å². The van der Waals surface area contributed by atoms with E-state index >= 15 is 0 Å². The first-order valence-electron chi connectivity index (χ1n) is 9.56. The first kappa shape index (κ1) is 18.7. The summed E-state index contributed by atoms with van der Waals surface area (Å²) in [6.45, 7) is 1.92. The van der Waals surface area contributed by atoms with E-state index in [-0.39, 0.29) is 11.6 Å². The quantitative estimate of drug-likeness (QED) is 0.395. The molecule has 0 saturated carbocycles. The summed E-state index contributed by atoms with van der Waals surface area (Å²) < 4.78 is 6.83. The van der Waals surface area contributed by atoms with Gasteiger partial charge in [-0.15, -0.1) is 0 Å². The molecule has 156 valence electrons. The van der Waals surface area contributed by atoms with Gasteiger partial charge in [-0.2, -0.15) is 5.10 Å². The molecule has 0 bridgehead atoms. The minimum atomic E-state index is -0.303. The molecule has 0 radical (unpaired) electrons. The van der Waals surface area contributed by atoms with E-state index in [1.165, 1.54) is 0 Å². The number of anilines is 1. The van der Waals surface area contributed by atoms with Crippen LogP contribution in [0.1, 0.15) is 18.8 Å². The lowest BCUT2D eigenvalue weighted by Crippen LogP contribution is -2.17. The number of fused-ring (bicyclic) bond motifs is 2. The van der Waals surface area contributed by atoms with Crippen molar-refractivity contribution in [2.24, 2.45) is 7.05 Å². The van der Waals surface area contributed by atoms with E-state index in [0.29, 0.717) is 50.8 Å². The van der Waals surface area contributed by atoms with Gasteiger partial charge in [0.05, 0.1) is 36.1 Å². The normalized spacial score (nSPS) is 12.4. The number of nitrogens with zero attached hydrogens (tertiary/aromatic N) is 6. The molecule has 0 aliphatic heterocycles. The predicted molar refractivity (Wildman–Crippen MR) is 115 cm³/mol. The number of aromatic nitrogens is 8. The Labute approximate surface area is 175 Å². The van der Waals surface area contributed by atoms with Crippen molar-refractivity contribution in [1.29, 1.82) is 0 Å². The van der Waals surface area contributed by atoms with Crippen LogP contribution in [0.15, 0.2) is 41.7 Å². The van der Waals surface area contributed by atoms with Crippen molar-refractivity contribution < 1.29 is 4.74 Å². The fourth-order valence-corrected chi connectivity index (χ4v) is 3.49. The Kier molecular flexibility index (Phi) is 4.35. The van der Waals surface area contributed by atoms with Crippen LogP contribution in [-0.4, -0.2) is 46.8 Å². The fraction of sp³-hybridized carbons (Fsp3) is 0.200. The molecule has 5 heterocycles. The SMILES string of the molecule is COc1cc2[nH]c(-c3c(NC(C)c4ncccn4)c4nn(C)cc4[nH]c3=O)nc2cn1. The zero-order chi connectivity index (χ0) is 21.5. The van der Waals surface area contributed by atoms with Crippen molar-refractivity contribution >= 4 is 27.8 Å². The molecule has 0 aromatic carbocycles. The molecular formula is C20H19N9O2. The largest absolute Gasteiger partial charge is 0.481 e. The lowest BCUT2D eigenvalue weighted by Gasteiger charge is -2.16. The zero-order valence-electron chi connectivity index (χ0n) is 17.0. The maximum Gasteiger partial charge on any atom is 0.261 e. The Bertz CT molecular complexity index is 1450. The van der Waals surface area contributed by atoms with Gasteiger partial charge in [-0.3, -0.25) is 9.48 Å². The molecule has 0 aliphatic rings. The highest BCUT2D eigenvalue weighted by molar-refractivity contribution is 5.96. The Morgan fingerprint density at radius 1 is 1.16 bits per heavy atom. The molecule has 31 heavy (non-hydrogen) atoms. The molecule has 5 aromatic heterocycles. The van der Waals surface area contributed by atoms with E-state index in [4.69, 9.17) is 4.74 Å². The molecule has 0 amide bonds. The molecule has 1 atom stereocenters. The third-order valence-corrected chi connectivity index (χ3v) is 4.91. The van der Waals surface area contributed by atoms with Crippen LogP contribution in [0, 0.1) is 0 Å². The Hall–Kier alpha value is -4.28. The fourth-order valence-electron chi connectivity index (χ4n) is 3.49. The van der Waals surface area contributed by atoms with Gasteiger partial charge >= 0.3 is 0 Å². The number of H-pyrrole nitrogens is 2. The number of aryl methyl sites for hydroxylation is 1. The second-order valence-corrected chi connectivity index (χ2v) is 7.07. The summed E-state index contributed by atoms with van der Waals surface area (Å²) in [4.78, 5) is 36.6. The smallest absolute Gasteiger partial charge is 0.261 e. The van der Waals surface area contributed by atoms with Crippen LogP contribution in [-0.2, 0) is 7.05 Å². The van der Waals surface area contributed by atoms with E-state index in [9.17, 15) is 4.79 Å². The summed E-state index contributed by atoms with van der Waals surface area (Å²) in [5.74, 6) is 1.43. The number of imidazole rings is 1. The van der Waals surface area contributed by atoms with Crippen molar-refractivity contribution in [2.45, 2.75) is 13.0 Å². The van der Waals surface area contributed by atoms with Crippen LogP contribution in [0.25, 0.3) is 33.5 Å². The molecule has 1 unspecified atom stereocenters. The third kappa shape index (κ3) is 3.25. The zero-order valence-corrected chi connectivity index (χ0v) is 17.0. The van der Waals surface area contributed by atoms with Gasteiger partial charge in [-0.1, -0.05) is 0 Å². The van der Waals surface area contributed by atoms with E-state index in [0.717, 1.165) is 0 Å². The maximum absolute atomic E-state index is 13.1. The van der Waals surface area contributed by atoms with Crippen molar-refractivity contribution in [3.63, 3.8) is 0 Å². The summed E-state index contributed by atoms with van der Waals surface area (Å²) in [7, 11) is 3.34. The van der Waals surface area contributed by atoms with Crippen LogP contribution in [0.5, 0.6) is 5.88 Å². The van der Waals surface area contributed by atoms with E-state index in [2.05, 4.69) is 40.3 Å². The van der Waals surface area contributed by atoms with Gasteiger partial charge in [0.25, 0.3) is 5.56 Å². The maximum atomic E-state index is 13.1. The molecule has 3 N–H and O–H groups in total. The number of pyridine rings is 2. The second-order valence-electron chi connectivity index (χ2n) is 7.07. The van der Waals surface area contributed by atoms with E-state index in [1.807, 2.05) is 6.92 Å². The van der Waals surface area contributed by atoms with Crippen molar-refractivity contribution in [3.8, 4) is 17.3 Å². The highest BCUT2D eigenvalue weighted by Gasteiger charge is 2.22. The standard InChI is InChI=1S/C20H19N9O2/c1-10(18-21-5-4-6-22-18)24-17-15(20(30)27-13-9-29(2)28-16(13)17)19-25-11-7-14(31-3)23-8-12(11)26-19/h4-10,24H,1-3H3,(H,25,26)(H,27,30). The number of hydrogen-bond donors (Lipinski definition) is 3. The average molecular weight is 417 g/mol. The minimum Gasteiger partial charge on any atom is -0.481 e. The number of ether oxygens (including phenoxy) is 1. The van der Waals surface area contributed by atoms with Crippen LogP contribution in [0.2, 0.25) is 0 Å². The van der Waals surface area contributed by atoms with Crippen molar-refractivity contribution in [2.75, 3.05) is 12.4 Å². The summed E-state index contributed by atoms with van der Waals surface area (Å²) >= 11 is 0. The molecule has 11 heteroatoms. The summed E-state index contributed by atoms with van der Waals surface area (Å²) in [5, 5.41) is 7.91. The Morgan fingerprint density at radius 3 is 2.74 bits per heavy atom. The number of nitrogens with one attached hydrogen (secondary N) is 3. The monoisotopic (exact) mass is 417 g/mol. The second kappa shape index (κ2) is 7.20. The Morgan fingerprint density at radius 2 is 1.97 bits per heavy atom. The van der Waals surface area contributed by atoms with Gasteiger partial charge in [-0.25, -0.2) is 19.9 Å². The summed E-state index contributed by atoms with van der Waals surface area (Å²) in [6, 6.07) is 3.20. The molecule has 0 fully saturated rings. The third-order valence-electron chi connectivity index (χ3n) is 4.91.